The molecule has 4 atom stereocenters. The molecule has 1 aromatic rings. The molecule has 0 radical (unpaired) electrons. The average Bonchev–Trinajstić information content (AvgIpc) is 3.13. The van der Waals surface area contributed by atoms with Gasteiger partial charge in [-0.05, 0) is 31.4 Å². The van der Waals surface area contributed by atoms with E-state index in [4.69, 9.17) is 0 Å². The second kappa shape index (κ2) is 5.20. The summed E-state index contributed by atoms with van der Waals surface area (Å²) in [6, 6.07) is 5.96. The van der Waals surface area contributed by atoms with Gasteiger partial charge in [0.2, 0.25) is 11.8 Å². The van der Waals surface area contributed by atoms with Crippen LogP contribution in [0.3, 0.4) is 0 Å². The van der Waals surface area contributed by atoms with Gasteiger partial charge in [0.25, 0.3) is 0 Å². The Labute approximate surface area is 129 Å². The summed E-state index contributed by atoms with van der Waals surface area (Å²) in [6.45, 7) is 0. The minimum Gasteiger partial charge on any atom is -0.278 e. The van der Waals surface area contributed by atoms with E-state index in [-0.39, 0.29) is 29.7 Å². The first-order valence-corrected chi connectivity index (χ1v) is 7.88. The SMILES string of the molecule is O=C1C2C=CC=CC2C(=O)N1C1CCC(c2ccccn2)C1. The Kier molecular flexibility index (Phi) is 3.17. The van der Waals surface area contributed by atoms with Gasteiger partial charge in [0.05, 0.1) is 11.8 Å². The Bertz CT molecular complexity index is 635. The van der Waals surface area contributed by atoms with Crippen molar-refractivity contribution in [3.05, 3.63) is 54.4 Å². The normalized spacial score (nSPS) is 33.5. The highest BCUT2D eigenvalue weighted by Crippen LogP contribution is 2.40. The van der Waals surface area contributed by atoms with Crippen LogP contribution in [0, 0.1) is 11.8 Å². The first kappa shape index (κ1) is 13.4. The molecule has 1 saturated carbocycles. The van der Waals surface area contributed by atoms with E-state index in [1.54, 1.807) is 6.20 Å². The Morgan fingerprint density at radius 3 is 2.36 bits per heavy atom. The van der Waals surface area contributed by atoms with E-state index in [2.05, 4.69) is 4.98 Å². The smallest absolute Gasteiger partial charge is 0.237 e. The molecule has 2 amide bonds. The van der Waals surface area contributed by atoms with Gasteiger partial charge in [-0.15, -0.1) is 0 Å². The second-order valence-electron chi connectivity index (χ2n) is 6.29. The lowest BCUT2D eigenvalue weighted by atomic mass is 9.91. The predicted molar refractivity (Wildman–Crippen MR) is 81.7 cm³/mol. The summed E-state index contributed by atoms with van der Waals surface area (Å²) in [5.74, 6) is -0.275. The molecule has 1 aromatic heterocycles. The van der Waals surface area contributed by atoms with Gasteiger partial charge >= 0.3 is 0 Å². The summed E-state index contributed by atoms with van der Waals surface area (Å²) in [7, 11) is 0. The van der Waals surface area contributed by atoms with Crippen molar-refractivity contribution < 1.29 is 9.59 Å². The van der Waals surface area contributed by atoms with E-state index in [0.29, 0.717) is 5.92 Å². The van der Waals surface area contributed by atoms with Crippen molar-refractivity contribution in [2.45, 2.75) is 31.2 Å². The third kappa shape index (κ3) is 2.02. The number of carbonyl (C=O) groups excluding carboxylic acids is 2. The highest BCUT2D eigenvalue weighted by molar-refractivity contribution is 6.07. The van der Waals surface area contributed by atoms with Crippen molar-refractivity contribution in [1.82, 2.24) is 9.88 Å². The first-order chi connectivity index (χ1) is 10.8. The van der Waals surface area contributed by atoms with Crippen LogP contribution in [0.5, 0.6) is 0 Å². The van der Waals surface area contributed by atoms with Crippen molar-refractivity contribution in [2.75, 3.05) is 0 Å². The van der Waals surface area contributed by atoms with Crippen molar-refractivity contribution in [3.8, 4) is 0 Å². The Morgan fingerprint density at radius 2 is 1.73 bits per heavy atom. The van der Waals surface area contributed by atoms with E-state index >= 15 is 0 Å². The molecule has 1 saturated heterocycles. The highest BCUT2D eigenvalue weighted by Gasteiger charge is 2.49. The van der Waals surface area contributed by atoms with Gasteiger partial charge in [0.15, 0.2) is 0 Å². The number of imide groups is 1. The quantitative estimate of drug-likeness (QED) is 0.787. The lowest BCUT2D eigenvalue weighted by molar-refractivity contribution is -0.142. The molecule has 2 heterocycles. The topological polar surface area (TPSA) is 50.3 Å². The third-order valence-corrected chi connectivity index (χ3v) is 5.06. The average molecular weight is 294 g/mol. The molecule has 4 unspecified atom stereocenters. The number of rotatable bonds is 2. The number of fused-ring (bicyclic) bond motifs is 1. The number of pyridine rings is 1. The van der Waals surface area contributed by atoms with Crippen LogP contribution in [0.4, 0.5) is 0 Å². The minimum absolute atomic E-state index is 0.0257. The molecule has 112 valence electrons. The number of hydrogen-bond donors (Lipinski definition) is 0. The molecule has 0 spiro atoms. The lowest BCUT2D eigenvalue weighted by Gasteiger charge is -2.22. The zero-order valence-electron chi connectivity index (χ0n) is 12.3. The van der Waals surface area contributed by atoms with Crippen LogP contribution in [0.15, 0.2) is 48.7 Å². The van der Waals surface area contributed by atoms with Crippen LogP contribution in [0.25, 0.3) is 0 Å². The maximum absolute atomic E-state index is 12.6. The molecule has 2 aliphatic carbocycles. The minimum atomic E-state index is -0.286. The molecule has 3 aliphatic rings. The number of nitrogens with zero attached hydrogens (tertiary/aromatic N) is 2. The Hall–Kier alpha value is -2.23. The zero-order valence-corrected chi connectivity index (χ0v) is 12.3. The third-order valence-electron chi connectivity index (χ3n) is 5.06. The van der Waals surface area contributed by atoms with Gasteiger partial charge < -0.3 is 0 Å². The number of allylic oxidation sites excluding steroid dienone is 2. The van der Waals surface area contributed by atoms with Crippen LogP contribution in [0.1, 0.15) is 30.9 Å². The Balaban J connectivity index is 1.54. The predicted octanol–water partition coefficient (Wildman–Crippen LogP) is 2.44. The molecule has 0 aromatic carbocycles. The first-order valence-electron chi connectivity index (χ1n) is 7.88. The highest BCUT2D eigenvalue weighted by atomic mass is 16.2. The van der Waals surface area contributed by atoms with Crippen molar-refractivity contribution in [3.63, 3.8) is 0 Å². The van der Waals surface area contributed by atoms with Gasteiger partial charge in [0, 0.05) is 23.9 Å². The summed E-state index contributed by atoms with van der Waals surface area (Å²) in [4.78, 5) is 31.1. The standard InChI is InChI=1S/C18H18N2O2/c21-17-14-5-1-2-6-15(14)18(22)20(17)13-9-8-12(11-13)16-7-3-4-10-19-16/h1-7,10,12-15H,8-9,11H2. The van der Waals surface area contributed by atoms with Crippen LogP contribution in [0.2, 0.25) is 0 Å². The van der Waals surface area contributed by atoms with Crippen LogP contribution < -0.4 is 0 Å². The number of hydrogen-bond acceptors (Lipinski definition) is 3. The number of carbonyl (C=O) groups is 2. The maximum atomic E-state index is 12.6. The monoisotopic (exact) mass is 294 g/mol. The van der Waals surface area contributed by atoms with E-state index < -0.39 is 0 Å². The molecule has 2 fully saturated rings. The van der Waals surface area contributed by atoms with E-state index in [9.17, 15) is 9.59 Å². The number of aromatic nitrogens is 1. The summed E-state index contributed by atoms with van der Waals surface area (Å²) in [6.07, 6.45) is 11.9. The summed E-state index contributed by atoms with van der Waals surface area (Å²) in [5.41, 5.74) is 1.07. The fraction of sp³-hybridized carbons (Fsp3) is 0.389. The van der Waals surface area contributed by atoms with Gasteiger partial charge in [0.1, 0.15) is 0 Å². The van der Waals surface area contributed by atoms with Crippen LogP contribution in [-0.2, 0) is 9.59 Å². The lowest BCUT2D eigenvalue weighted by Crippen LogP contribution is -2.39. The van der Waals surface area contributed by atoms with Gasteiger partial charge in [-0.2, -0.15) is 0 Å². The number of amides is 2. The van der Waals surface area contributed by atoms with E-state index in [0.717, 1.165) is 25.0 Å². The molecular weight excluding hydrogens is 276 g/mol. The molecule has 4 rings (SSSR count). The molecule has 0 bridgehead atoms. The van der Waals surface area contributed by atoms with E-state index in [1.807, 2.05) is 42.5 Å². The van der Waals surface area contributed by atoms with Gasteiger partial charge in [-0.3, -0.25) is 19.5 Å². The molecule has 4 nitrogen and oxygen atoms in total. The number of likely N-dealkylation sites (tertiary alicyclic amines) is 1. The van der Waals surface area contributed by atoms with E-state index in [1.165, 1.54) is 4.90 Å². The zero-order chi connectivity index (χ0) is 15.1. The summed E-state index contributed by atoms with van der Waals surface area (Å²) >= 11 is 0. The fourth-order valence-corrected chi connectivity index (χ4v) is 3.95. The Morgan fingerprint density at radius 1 is 1.00 bits per heavy atom. The van der Waals surface area contributed by atoms with Crippen molar-refractivity contribution in [2.24, 2.45) is 11.8 Å². The molecule has 22 heavy (non-hydrogen) atoms. The van der Waals surface area contributed by atoms with Crippen molar-refractivity contribution >= 4 is 11.8 Å². The molecule has 0 N–H and O–H groups in total. The summed E-state index contributed by atoms with van der Waals surface area (Å²) < 4.78 is 0. The second-order valence-corrected chi connectivity index (χ2v) is 6.29. The van der Waals surface area contributed by atoms with Crippen molar-refractivity contribution in [1.29, 1.82) is 0 Å². The fourth-order valence-electron chi connectivity index (χ4n) is 3.95. The van der Waals surface area contributed by atoms with Gasteiger partial charge in [-0.1, -0.05) is 30.4 Å². The summed E-state index contributed by atoms with van der Waals surface area (Å²) in [5, 5.41) is 0. The van der Waals surface area contributed by atoms with Crippen LogP contribution >= 0.6 is 0 Å². The maximum Gasteiger partial charge on any atom is 0.237 e. The van der Waals surface area contributed by atoms with Gasteiger partial charge in [-0.25, -0.2) is 0 Å². The molecule has 1 aliphatic heterocycles. The molecule has 4 heteroatoms. The largest absolute Gasteiger partial charge is 0.278 e. The van der Waals surface area contributed by atoms with Crippen LogP contribution in [-0.4, -0.2) is 27.7 Å². The molecular formula is C18H18N2O2.